The third-order valence-electron chi connectivity index (χ3n) is 3.27. The van der Waals surface area contributed by atoms with Crippen LogP contribution < -0.4 is 9.47 Å². The molecule has 1 aliphatic rings. The van der Waals surface area contributed by atoms with Crippen LogP contribution in [-0.2, 0) is 11.4 Å². The summed E-state index contributed by atoms with van der Waals surface area (Å²) < 4.78 is 11.5. The van der Waals surface area contributed by atoms with Gasteiger partial charge in [-0.25, -0.2) is 0 Å². The molecule has 1 heterocycles. The predicted molar refractivity (Wildman–Crippen MR) is 77.9 cm³/mol. The minimum absolute atomic E-state index is 0.00652. The van der Waals surface area contributed by atoms with Crippen LogP contribution in [0.3, 0.4) is 0 Å². The normalized spacial score (nSPS) is 14.4. The minimum atomic E-state index is -0.0814. The van der Waals surface area contributed by atoms with Gasteiger partial charge in [-0.05, 0) is 46.5 Å². The van der Waals surface area contributed by atoms with Crippen LogP contribution in [0.5, 0.6) is 11.5 Å². The molecule has 0 atom stereocenters. The first-order valence-corrected chi connectivity index (χ1v) is 7.33. The van der Waals surface area contributed by atoms with Crippen molar-refractivity contribution >= 4 is 21.8 Å². The maximum absolute atomic E-state index is 12.0. The van der Waals surface area contributed by atoms with E-state index in [2.05, 4.69) is 15.9 Å². The van der Waals surface area contributed by atoms with E-state index in [-0.39, 0.29) is 19.1 Å². The van der Waals surface area contributed by atoms with Gasteiger partial charge in [0.1, 0.15) is 0 Å². The highest BCUT2D eigenvalue weighted by atomic mass is 79.9. The Balaban J connectivity index is 2.06. The lowest BCUT2D eigenvalue weighted by Crippen LogP contribution is -2.32. The smallest absolute Gasteiger partial charge is 0.260 e. The van der Waals surface area contributed by atoms with Crippen molar-refractivity contribution < 1.29 is 19.4 Å². The van der Waals surface area contributed by atoms with Crippen LogP contribution in [0.15, 0.2) is 16.6 Å². The fourth-order valence-electron chi connectivity index (χ4n) is 2.20. The van der Waals surface area contributed by atoms with Crippen molar-refractivity contribution in [1.82, 2.24) is 4.90 Å². The summed E-state index contributed by atoms with van der Waals surface area (Å²) in [5.74, 6) is 0.970. The molecule has 0 spiro atoms. The molecule has 2 rings (SSSR count). The molecule has 0 aromatic heterocycles. The molecule has 0 saturated carbocycles. The summed E-state index contributed by atoms with van der Waals surface area (Å²) in [6.07, 6.45) is 2.12. The lowest BCUT2D eigenvalue weighted by atomic mass is 10.2. The maximum Gasteiger partial charge on any atom is 0.260 e. The van der Waals surface area contributed by atoms with E-state index in [0.717, 1.165) is 25.9 Å². The minimum Gasteiger partial charge on any atom is -0.493 e. The van der Waals surface area contributed by atoms with Crippen molar-refractivity contribution in [2.24, 2.45) is 0 Å². The Labute approximate surface area is 126 Å². The van der Waals surface area contributed by atoms with Crippen LogP contribution in [0.25, 0.3) is 0 Å². The Morgan fingerprint density at radius 1 is 1.40 bits per heavy atom. The Kier molecular flexibility index (Phi) is 5.25. The molecule has 20 heavy (non-hydrogen) atoms. The summed E-state index contributed by atoms with van der Waals surface area (Å²) in [5.41, 5.74) is 0.715. The molecule has 1 aromatic carbocycles. The zero-order valence-electron chi connectivity index (χ0n) is 11.4. The van der Waals surface area contributed by atoms with Gasteiger partial charge in [0.25, 0.3) is 5.91 Å². The molecule has 0 bridgehead atoms. The van der Waals surface area contributed by atoms with Crippen molar-refractivity contribution in [2.45, 2.75) is 19.4 Å². The molecule has 0 unspecified atom stereocenters. The topological polar surface area (TPSA) is 59.0 Å². The third kappa shape index (κ3) is 3.43. The second-order valence-electron chi connectivity index (χ2n) is 4.64. The zero-order valence-corrected chi connectivity index (χ0v) is 13.0. The molecule has 1 fully saturated rings. The van der Waals surface area contributed by atoms with Crippen molar-refractivity contribution in [2.75, 3.05) is 26.8 Å². The number of amides is 1. The number of hydrogen-bond acceptors (Lipinski definition) is 4. The van der Waals surface area contributed by atoms with Crippen molar-refractivity contribution in [1.29, 1.82) is 0 Å². The predicted octanol–water partition coefficient (Wildman–Crippen LogP) is 1.95. The van der Waals surface area contributed by atoms with Gasteiger partial charge in [-0.2, -0.15) is 0 Å². The number of ether oxygens (including phenoxy) is 2. The van der Waals surface area contributed by atoms with Gasteiger partial charge in [-0.3, -0.25) is 4.79 Å². The van der Waals surface area contributed by atoms with E-state index in [1.54, 1.807) is 12.1 Å². The van der Waals surface area contributed by atoms with Crippen LogP contribution in [0.4, 0.5) is 0 Å². The van der Waals surface area contributed by atoms with Gasteiger partial charge in [-0.15, -0.1) is 0 Å². The summed E-state index contributed by atoms with van der Waals surface area (Å²) in [5, 5.41) is 9.16. The number of benzene rings is 1. The van der Waals surface area contributed by atoms with E-state index in [1.807, 2.05) is 4.90 Å². The quantitative estimate of drug-likeness (QED) is 0.887. The van der Waals surface area contributed by atoms with E-state index in [9.17, 15) is 4.79 Å². The molecule has 6 heteroatoms. The second-order valence-corrected chi connectivity index (χ2v) is 5.50. The van der Waals surface area contributed by atoms with Gasteiger partial charge in [0, 0.05) is 13.1 Å². The summed E-state index contributed by atoms with van der Waals surface area (Å²) >= 11 is 3.37. The lowest BCUT2D eigenvalue weighted by Gasteiger charge is -2.17. The van der Waals surface area contributed by atoms with Crippen LogP contribution in [0.1, 0.15) is 18.4 Å². The van der Waals surface area contributed by atoms with E-state index in [1.165, 1.54) is 7.11 Å². The van der Waals surface area contributed by atoms with Crippen molar-refractivity contribution in [3.8, 4) is 11.5 Å². The van der Waals surface area contributed by atoms with Crippen molar-refractivity contribution in [3.05, 3.63) is 22.2 Å². The molecule has 1 saturated heterocycles. The lowest BCUT2D eigenvalue weighted by molar-refractivity contribution is -0.132. The Bertz CT molecular complexity index is 486. The fourth-order valence-corrected chi connectivity index (χ4v) is 2.80. The third-order valence-corrected chi connectivity index (χ3v) is 3.86. The molecule has 1 aromatic rings. The number of methoxy groups -OCH3 is 1. The highest BCUT2D eigenvalue weighted by molar-refractivity contribution is 9.10. The molecule has 1 aliphatic heterocycles. The van der Waals surface area contributed by atoms with Gasteiger partial charge in [-0.1, -0.05) is 0 Å². The van der Waals surface area contributed by atoms with Gasteiger partial charge in [0.15, 0.2) is 18.1 Å². The van der Waals surface area contributed by atoms with Gasteiger partial charge < -0.3 is 19.5 Å². The Hall–Kier alpha value is -1.27. The summed E-state index contributed by atoms with van der Waals surface area (Å²) in [7, 11) is 1.53. The number of rotatable bonds is 5. The van der Waals surface area contributed by atoms with Crippen LogP contribution in [0.2, 0.25) is 0 Å². The molecule has 1 N–H and O–H groups in total. The van der Waals surface area contributed by atoms with Gasteiger partial charge in [0.05, 0.1) is 18.2 Å². The first-order chi connectivity index (χ1) is 9.65. The number of halogens is 1. The van der Waals surface area contributed by atoms with E-state index in [0.29, 0.717) is 21.5 Å². The number of carbonyl (C=O) groups excluding carboxylic acids is 1. The van der Waals surface area contributed by atoms with Gasteiger partial charge >= 0.3 is 0 Å². The number of carbonyl (C=O) groups is 1. The zero-order chi connectivity index (χ0) is 14.5. The largest absolute Gasteiger partial charge is 0.493 e. The molecular formula is C14H18BrNO4. The second kappa shape index (κ2) is 6.95. The van der Waals surface area contributed by atoms with E-state index in [4.69, 9.17) is 14.6 Å². The summed E-state index contributed by atoms with van der Waals surface area (Å²) in [4.78, 5) is 13.8. The van der Waals surface area contributed by atoms with Gasteiger partial charge in [0.2, 0.25) is 0 Å². The van der Waals surface area contributed by atoms with Crippen molar-refractivity contribution in [3.63, 3.8) is 0 Å². The van der Waals surface area contributed by atoms with Crippen LogP contribution in [0, 0.1) is 0 Å². The molecule has 0 radical (unpaired) electrons. The first kappa shape index (κ1) is 15.1. The van der Waals surface area contributed by atoms with E-state index >= 15 is 0 Å². The molecule has 1 amide bonds. The molecular weight excluding hydrogens is 326 g/mol. The van der Waals surface area contributed by atoms with Crippen LogP contribution in [-0.4, -0.2) is 42.7 Å². The molecule has 5 nitrogen and oxygen atoms in total. The highest BCUT2D eigenvalue weighted by Crippen LogP contribution is 2.36. The Morgan fingerprint density at radius 3 is 2.70 bits per heavy atom. The van der Waals surface area contributed by atoms with E-state index < -0.39 is 0 Å². The first-order valence-electron chi connectivity index (χ1n) is 6.53. The maximum atomic E-state index is 12.0. The average molecular weight is 344 g/mol. The highest BCUT2D eigenvalue weighted by Gasteiger charge is 2.20. The van der Waals surface area contributed by atoms with Crippen LogP contribution >= 0.6 is 15.9 Å². The summed E-state index contributed by atoms with van der Waals surface area (Å²) in [6.45, 7) is 1.53. The number of likely N-dealkylation sites (tertiary alicyclic amines) is 1. The summed E-state index contributed by atoms with van der Waals surface area (Å²) in [6, 6.07) is 3.44. The Morgan fingerprint density at radius 2 is 2.10 bits per heavy atom. The standard InChI is InChI=1S/C14H18BrNO4/c1-19-12-7-10(8-17)6-11(15)14(12)20-9-13(18)16-4-2-3-5-16/h6-7,17H,2-5,8-9H2,1H3. The number of hydrogen-bond donors (Lipinski definition) is 1. The molecule has 0 aliphatic carbocycles. The molecule has 110 valence electrons. The monoisotopic (exact) mass is 343 g/mol. The number of aliphatic hydroxyl groups is 1. The number of nitrogens with zero attached hydrogens (tertiary/aromatic N) is 1. The fraction of sp³-hybridized carbons (Fsp3) is 0.500. The average Bonchev–Trinajstić information content (AvgIpc) is 2.99. The SMILES string of the molecule is COc1cc(CO)cc(Br)c1OCC(=O)N1CCCC1. The number of aliphatic hydroxyl groups excluding tert-OH is 1.